The summed E-state index contributed by atoms with van der Waals surface area (Å²) in [5.74, 6) is -1.99. The second kappa shape index (κ2) is 9.65. The maximum absolute atomic E-state index is 14.3. The molecule has 0 aromatic heterocycles. The topological polar surface area (TPSA) is 82.1 Å². The molecule has 1 N–H and O–H groups in total. The molecular weight excluding hydrogens is 596 g/mol. The van der Waals surface area contributed by atoms with Crippen molar-refractivity contribution in [2.45, 2.75) is 74.3 Å². The molecule has 42 heavy (non-hydrogen) atoms. The lowest BCUT2D eigenvalue weighted by atomic mass is 9.38. The van der Waals surface area contributed by atoms with Crippen LogP contribution >= 0.6 is 11.6 Å². The number of likely N-dealkylation sites (tertiary alicyclic amines) is 1. The Morgan fingerprint density at radius 1 is 1.14 bits per heavy atom. The van der Waals surface area contributed by atoms with Gasteiger partial charge < -0.3 is 10.2 Å². The van der Waals surface area contributed by atoms with Gasteiger partial charge in [0.05, 0.1) is 21.4 Å². The molecule has 3 aliphatic carbocycles. The number of aliphatic imine (C=N–C) groups is 1. The number of sulfonamides is 1. The Bertz CT molecular complexity index is 1540. The fourth-order valence-corrected chi connectivity index (χ4v) is 8.92. The van der Waals surface area contributed by atoms with Crippen molar-refractivity contribution in [1.82, 2.24) is 14.5 Å². The predicted octanol–water partition coefficient (Wildman–Crippen LogP) is 5.15. The number of carbonyl (C=O) groups excluding carboxylic acids is 1. The molecule has 2 atom stereocenters. The predicted molar refractivity (Wildman–Crippen MR) is 149 cm³/mol. The Morgan fingerprint density at radius 2 is 1.81 bits per heavy atom. The highest BCUT2D eigenvalue weighted by Crippen LogP contribution is 2.71. The van der Waals surface area contributed by atoms with E-state index in [1.54, 1.807) is 38.1 Å². The molecule has 2 aromatic rings. The number of nitrogens with zero attached hydrogens (tertiary/aromatic N) is 3. The zero-order valence-electron chi connectivity index (χ0n) is 23.1. The first-order chi connectivity index (χ1) is 19.6. The molecule has 0 spiro atoms. The van der Waals surface area contributed by atoms with Crippen LogP contribution in [0.2, 0.25) is 5.02 Å². The van der Waals surface area contributed by atoms with Gasteiger partial charge in [-0.15, -0.1) is 0 Å². The van der Waals surface area contributed by atoms with E-state index in [0.717, 1.165) is 0 Å². The van der Waals surface area contributed by atoms with E-state index >= 15 is 0 Å². The first kappa shape index (κ1) is 29.4. The van der Waals surface area contributed by atoms with E-state index in [4.69, 9.17) is 16.6 Å². The molecule has 1 amide bonds. The zero-order valence-corrected chi connectivity index (χ0v) is 24.7. The Hall–Kier alpha value is -2.70. The maximum atomic E-state index is 14.3. The van der Waals surface area contributed by atoms with Crippen molar-refractivity contribution < 1.29 is 30.8 Å². The Kier molecular flexibility index (Phi) is 6.75. The van der Waals surface area contributed by atoms with Gasteiger partial charge in [-0.1, -0.05) is 35.9 Å². The number of hydrogen-bond donors (Lipinski definition) is 1. The highest BCUT2D eigenvalue weighted by molar-refractivity contribution is 7.89. The van der Waals surface area contributed by atoms with Crippen molar-refractivity contribution in [3.63, 3.8) is 0 Å². The zero-order chi connectivity index (χ0) is 30.3. The molecule has 0 unspecified atom stereocenters. The summed E-state index contributed by atoms with van der Waals surface area (Å²) in [6.07, 6.45) is -3.12. The third-order valence-electron chi connectivity index (χ3n) is 9.27. The van der Waals surface area contributed by atoms with Crippen LogP contribution in [0.3, 0.4) is 0 Å². The first-order valence-electron chi connectivity index (χ1n) is 13.8. The van der Waals surface area contributed by atoms with Crippen molar-refractivity contribution in [3.05, 3.63) is 64.9 Å². The number of carbonyl (C=O) groups is 1. The van der Waals surface area contributed by atoms with E-state index in [9.17, 15) is 30.8 Å². The van der Waals surface area contributed by atoms with E-state index in [-0.39, 0.29) is 36.0 Å². The minimum Gasteiger partial charge on any atom is -0.360 e. The third-order valence-corrected chi connectivity index (χ3v) is 11.5. The number of amides is 1. The summed E-state index contributed by atoms with van der Waals surface area (Å²) in [7, 11) is -3.96. The van der Waals surface area contributed by atoms with Crippen molar-refractivity contribution in [2.75, 3.05) is 13.1 Å². The summed E-state index contributed by atoms with van der Waals surface area (Å²) in [5.41, 5.74) is -1.62. The summed E-state index contributed by atoms with van der Waals surface area (Å²) >= 11 is 5.85. The standard InChI is InChI=1S/C29H31ClF4N4O3S/c1-26(2)23(24(39)37-11-10-19(14-37)29(32,33)34)35-25(36-26)27-15-28(16-27,17-27)38(13-18-8-9-21(30)22(31)12-18)42(40,41)20-6-4-3-5-7-20/h3-9,12,19,23H,10-11,13-17H2,1-2H3,(H,35,36)/t19-,23-,27?,28?/m0/s1. The van der Waals surface area contributed by atoms with Crippen LogP contribution in [0.4, 0.5) is 17.6 Å². The van der Waals surface area contributed by atoms with Crippen molar-refractivity contribution in [2.24, 2.45) is 16.3 Å². The van der Waals surface area contributed by atoms with Crippen LogP contribution in [-0.2, 0) is 21.4 Å². The highest BCUT2D eigenvalue weighted by atomic mass is 35.5. The summed E-state index contributed by atoms with van der Waals surface area (Å²) in [4.78, 5) is 19.5. The largest absolute Gasteiger partial charge is 0.393 e. The fraction of sp³-hybridized carbons (Fsp3) is 0.517. The van der Waals surface area contributed by atoms with E-state index in [1.807, 2.05) is 0 Å². The molecule has 2 bridgehead atoms. The summed E-state index contributed by atoms with van der Waals surface area (Å²) in [6, 6.07) is 11.5. The molecule has 2 aliphatic heterocycles. The Balaban J connectivity index is 1.21. The summed E-state index contributed by atoms with van der Waals surface area (Å²) in [6.45, 7) is 3.17. The van der Waals surface area contributed by atoms with Gasteiger partial charge in [-0.05, 0) is 69.4 Å². The lowest BCUT2D eigenvalue weighted by Gasteiger charge is -2.72. The number of nitrogens with one attached hydrogen (secondary N) is 1. The fourth-order valence-electron chi connectivity index (χ4n) is 7.03. The van der Waals surface area contributed by atoms with E-state index in [1.165, 1.54) is 33.5 Å². The number of halogens is 5. The number of amidine groups is 1. The molecule has 7 rings (SSSR count). The van der Waals surface area contributed by atoms with Crippen molar-refractivity contribution in [1.29, 1.82) is 0 Å². The molecule has 0 radical (unpaired) electrons. The second-order valence-corrected chi connectivity index (χ2v) is 14.9. The number of benzene rings is 2. The average Bonchev–Trinajstić information content (AvgIpc) is 3.49. The maximum Gasteiger partial charge on any atom is 0.393 e. The number of hydrogen-bond acceptors (Lipinski definition) is 5. The molecule has 2 heterocycles. The van der Waals surface area contributed by atoms with Crippen LogP contribution in [0.5, 0.6) is 0 Å². The van der Waals surface area contributed by atoms with Crippen LogP contribution in [0.1, 0.15) is 45.1 Å². The lowest BCUT2D eigenvalue weighted by molar-refractivity contribution is -0.171. The van der Waals surface area contributed by atoms with Gasteiger partial charge in [-0.3, -0.25) is 9.79 Å². The summed E-state index contributed by atoms with van der Waals surface area (Å²) < 4.78 is 83.2. The number of rotatable bonds is 7. The molecule has 4 fully saturated rings. The molecule has 1 saturated heterocycles. The SMILES string of the molecule is CC1(C)N=C(C23CC(N(Cc4ccc(Cl)c(F)c4)S(=O)(=O)c4ccccc4)(C2)C3)N[C@H]1C(=O)N1CC[C@H](C(F)(F)F)C1. The van der Waals surface area contributed by atoms with Crippen LogP contribution in [0.15, 0.2) is 58.4 Å². The van der Waals surface area contributed by atoms with Crippen LogP contribution in [0.25, 0.3) is 0 Å². The van der Waals surface area contributed by atoms with E-state index in [0.29, 0.717) is 30.7 Å². The average molecular weight is 627 g/mol. The number of alkyl halides is 3. The highest BCUT2D eigenvalue weighted by Gasteiger charge is 2.75. The van der Waals surface area contributed by atoms with Crippen molar-refractivity contribution >= 4 is 33.4 Å². The molecular formula is C29H31ClF4N4O3S. The molecule has 3 saturated carbocycles. The first-order valence-corrected chi connectivity index (χ1v) is 15.6. The van der Waals surface area contributed by atoms with Gasteiger partial charge in [0, 0.05) is 30.6 Å². The minimum absolute atomic E-state index is 0.0401. The third kappa shape index (κ3) is 4.70. The smallest absolute Gasteiger partial charge is 0.360 e. The van der Waals surface area contributed by atoms with Gasteiger partial charge in [0.2, 0.25) is 15.9 Å². The molecule has 226 valence electrons. The summed E-state index contributed by atoms with van der Waals surface area (Å²) in [5, 5.41) is 3.17. The molecule has 7 nitrogen and oxygen atoms in total. The van der Waals surface area contributed by atoms with Gasteiger partial charge in [-0.2, -0.15) is 17.5 Å². The quantitative estimate of drug-likeness (QED) is 0.431. The van der Waals surface area contributed by atoms with Crippen LogP contribution in [-0.4, -0.2) is 65.8 Å². The van der Waals surface area contributed by atoms with E-state index < -0.39 is 56.4 Å². The van der Waals surface area contributed by atoms with Crippen LogP contribution < -0.4 is 5.32 Å². The van der Waals surface area contributed by atoms with E-state index in [2.05, 4.69) is 5.32 Å². The van der Waals surface area contributed by atoms with Crippen molar-refractivity contribution in [3.8, 4) is 0 Å². The monoisotopic (exact) mass is 626 g/mol. The lowest BCUT2D eigenvalue weighted by Crippen LogP contribution is -2.78. The van der Waals surface area contributed by atoms with Gasteiger partial charge in [0.15, 0.2) is 0 Å². The Labute approximate surface area is 247 Å². The van der Waals surface area contributed by atoms with Crippen LogP contribution in [0, 0.1) is 17.2 Å². The van der Waals surface area contributed by atoms with Gasteiger partial charge in [0.1, 0.15) is 17.7 Å². The normalized spacial score (nSPS) is 30.0. The van der Waals surface area contributed by atoms with Gasteiger partial charge in [0.25, 0.3) is 0 Å². The van der Waals surface area contributed by atoms with Gasteiger partial charge >= 0.3 is 6.18 Å². The Morgan fingerprint density at radius 3 is 2.40 bits per heavy atom. The second-order valence-electron chi connectivity index (χ2n) is 12.6. The molecule has 13 heteroatoms. The molecule has 2 aromatic carbocycles. The minimum atomic E-state index is -4.35. The van der Waals surface area contributed by atoms with Gasteiger partial charge in [-0.25, -0.2) is 12.8 Å². The molecule has 5 aliphatic rings.